The van der Waals surface area contributed by atoms with Gasteiger partial charge in [-0.2, -0.15) is 4.31 Å². The fraction of sp³-hybridized carbons (Fsp3) is 0.286. The molecule has 2 aromatic rings. The SMILES string of the molecule is CCN(Cc1cccs1)S(=O)(=O)c1c(C)cccc1[N+](=O)[O-]. The number of aryl methyl sites for hydroxylation is 1. The average molecular weight is 340 g/mol. The quantitative estimate of drug-likeness (QED) is 0.597. The van der Waals surface area contributed by atoms with E-state index in [-0.39, 0.29) is 23.7 Å². The molecule has 0 aliphatic carbocycles. The summed E-state index contributed by atoms with van der Waals surface area (Å²) in [5.74, 6) is 0. The van der Waals surface area contributed by atoms with Gasteiger partial charge in [-0.05, 0) is 23.9 Å². The van der Waals surface area contributed by atoms with E-state index in [2.05, 4.69) is 0 Å². The normalized spacial score (nSPS) is 11.8. The van der Waals surface area contributed by atoms with Crippen molar-refractivity contribution in [2.45, 2.75) is 25.3 Å². The Bertz CT molecular complexity index is 770. The first-order valence-electron chi connectivity index (χ1n) is 6.64. The molecule has 0 aliphatic rings. The van der Waals surface area contributed by atoms with E-state index in [0.29, 0.717) is 5.56 Å². The lowest BCUT2D eigenvalue weighted by atomic mass is 10.2. The summed E-state index contributed by atoms with van der Waals surface area (Å²) in [5.41, 5.74) is -0.0107. The zero-order valence-corrected chi connectivity index (χ0v) is 13.9. The predicted octanol–water partition coefficient (Wildman–Crippen LogP) is 3.18. The maximum atomic E-state index is 12.9. The Morgan fingerprint density at radius 3 is 2.55 bits per heavy atom. The van der Waals surface area contributed by atoms with Crippen LogP contribution in [0.3, 0.4) is 0 Å². The largest absolute Gasteiger partial charge is 0.289 e. The Morgan fingerprint density at radius 2 is 2.00 bits per heavy atom. The molecule has 118 valence electrons. The fourth-order valence-corrected chi connectivity index (χ4v) is 4.78. The number of hydrogen-bond acceptors (Lipinski definition) is 5. The van der Waals surface area contributed by atoms with E-state index in [1.165, 1.54) is 27.8 Å². The minimum absolute atomic E-state index is 0.210. The lowest BCUT2D eigenvalue weighted by Gasteiger charge is -2.20. The molecule has 0 radical (unpaired) electrons. The summed E-state index contributed by atoms with van der Waals surface area (Å²) in [7, 11) is -3.94. The number of hydrogen-bond donors (Lipinski definition) is 0. The standard InChI is InChI=1S/C14H16N2O4S2/c1-3-15(10-12-7-5-9-21-12)22(19,20)14-11(2)6-4-8-13(14)16(17)18/h4-9H,3,10H2,1-2H3. The third-order valence-corrected chi connectivity index (χ3v) is 6.23. The first-order valence-corrected chi connectivity index (χ1v) is 8.96. The number of sulfonamides is 1. The van der Waals surface area contributed by atoms with Gasteiger partial charge in [0.05, 0.1) is 4.92 Å². The van der Waals surface area contributed by atoms with Crippen LogP contribution >= 0.6 is 11.3 Å². The van der Waals surface area contributed by atoms with Gasteiger partial charge in [0.25, 0.3) is 5.69 Å². The number of thiophene rings is 1. The maximum absolute atomic E-state index is 12.9. The molecule has 1 heterocycles. The molecule has 1 aromatic heterocycles. The topological polar surface area (TPSA) is 80.5 Å². The Hall–Kier alpha value is -1.77. The lowest BCUT2D eigenvalue weighted by molar-refractivity contribution is -0.387. The molecule has 0 amide bonds. The first-order chi connectivity index (χ1) is 10.4. The van der Waals surface area contributed by atoms with Crippen molar-refractivity contribution >= 4 is 27.0 Å². The van der Waals surface area contributed by atoms with Gasteiger partial charge in [-0.25, -0.2) is 8.42 Å². The number of benzene rings is 1. The van der Waals surface area contributed by atoms with Crippen molar-refractivity contribution in [1.82, 2.24) is 4.31 Å². The first kappa shape index (κ1) is 16.6. The van der Waals surface area contributed by atoms with Gasteiger partial charge in [-0.3, -0.25) is 10.1 Å². The van der Waals surface area contributed by atoms with E-state index < -0.39 is 14.9 Å². The summed E-state index contributed by atoms with van der Waals surface area (Å²) in [6, 6.07) is 7.96. The maximum Gasteiger partial charge on any atom is 0.289 e. The summed E-state index contributed by atoms with van der Waals surface area (Å²) in [6.07, 6.45) is 0. The molecule has 6 nitrogen and oxygen atoms in total. The molecule has 0 aliphatic heterocycles. The van der Waals surface area contributed by atoms with Crippen molar-refractivity contribution in [3.8, 4) is 0 Å². The highest BCUT2D eigenvalue weighted by Crippen LogP contribution is 2.30. The zero-order chi connectivity index (χ0) is 16.3. The highest BCUT2D eigenvalue weighted by Gasteiger charge is 2.32. The molecule has 0 atom stereocenters. The van der Waals surface area contributed by atoms with E-state index in [1.807, 2.05) is 17.5 Å². The van der Waals surface area contributed by atoms with Crippen molar-refractivity contribution in [3.05, 3.63) is 56.3 Å². The minimum atomic E-state index is -3.94. The van der Waals surface area contributed by atoms with Crippen LogP contribution < -0.4 is 0 Å². The number of nitro groups is 1. The molecule has 2 rings (SSSR count). The zero-order valence-electron chi connectivity index (χ0n) is 12.2. The van der Waals surface area contributed by atoms with Gasteiger partial charge in [0, 0.05) is 24.0 Å². The number of nitrogens with zero attached hydrogens (tertiary/aromatic N) is 2. The number of nitro benzene ring substituents is 1. The van der Waals surface area contributed by atoms with Crippen molar-refractivity contribution in [2.24, 2.45) is 0 Å². The summed E-state index contributed by atoms with van der Waals surface area (Å²) in [5, 5.41) is 13.0. The van der Waals surface area contributed by atoms with Crippen LogP contribution in [0.2, 0.25) is 0 Å². The third kappa shape index (κ3) is 3.18. The Balaban J connectivity index is 2.51. The van der Waals surface area contributed by atoms with Crippen molar-refractivity contribution < 1.29 is 13.3 Å². The molecule has 0 spiro atoms. The number of rotatable bonds is 6. The van der Waals surface area contributed by atoms with Gasteiger partial charge < -0.3 is 0 Å². The minimum Gasteiger partial charge on any atom is -0.258 e. The summed E-state index contributed by atoms with van der Waals surface area (Å²) >= 11 is 1.45. The van der Waals surface area contributed by atoms with Crippen molar-refractivity contribution in [2.75, 3.05) is 6.54 Å². The van der Waals surface area contributed by atoms with Crippen LogP contribution in [-0.4, -0.2) is 24.2 Å². The van der Waals surface area contributed by atoms with Crippen LogP contribution in [-0.2, 0) is 16.6 Å². The van der Waals surface area contributed by atoms with Gasteiger partial charge in [0.15, 0.2) is 4.90 Å². The Labute approximate surface area is 133 Å². The summed E-state index contributed by atoms with van der Waals surface area (Å²) in [6.45, 7) is 3.74. The highest BCUT2D eigenvalue weighted by molar-refractivity contribution is 7.89. The van der Waals surface area contributed by atoms with Crippen LogP contribution in [0.15, 0.2) is 40.6 Å². The van der Waals surface area contributed by atoms with Crippen LogP contribution in [0.4, 0.5) is 5.69 Å². The smallest absolute Gasteiger partial charge is 0.258 e. The molecule has 0 fully saturated rings. The second-order valence-electron chi connectivity index (χ2n) is 4.69. The molecule has 8 heteroatoms. The van der Waals surface area contributed by atoms with E-state index in [1.54, 1.807) is 19.9 Å². The summed E-state index contributed by atoms with van der Waals surface area (Å²) < 4.78 is 27.0. The van der Waals surface area contributed by atoms with E-state index >= 15 is 0 Å². The van der Waals surface area contributed by atoms with Gasteiger partial charge in [0.2, 0.25) is 10.0 Å². The lowest BCUT2D eigenvalue weighted by Crippen LogP contribution is -2.31. The van der Waals surface area contributed by atoms with E-state index in [0.717, 1.165) is 4.88 Å². The van der Waals surface area contributed by atoms with E-state index in [4.69, 9.17) is 0 Å². The predicted molar refractivity (Wildman–Crippen MR) is 85.4 cm³/mol. The molecular weight excluding hydrogens is 324 g/mol. The monoisotopic (exact) mass is 340 g/mol. The van der Waals surface area contributed by atoms with Crippen molar-refractivity contribution in [3.63, 3.8) is 0 Å². The molecule has 0 N–H and O–H groups in total. The highest BCUT2D eigenvalue weighted by atomic mass is 32.2. The van der Waals surface area contributed by atoms with Gasteiger partial charge in [-0.15, -0.1) is 11.3 Å². The van der Waals surface area contributed by atoms with Crippen molar-refractivity contribution in [1.29, 1.82) is 0 Å². The van der Waals surface area contributed by atoms with Crippen LogP contribution in [0.25, 0.3) is 0 Å². The average Bonchev–Trinajstić information content (AvgIpc) is 2.96. The van der Waals surface area contributed by atoms with Crippen LogP contribution in [0.5, 0.6) is 0 Å². The Morgan fingerprint density at radius 1 is 1.27 bits per heavy atom. The molecule has 0 saturated heterocycles. The van der Waals surface area contributed by atoms with Gasteiger partial charge in [-0.1, -0.05) is 25.1 Å². The molecule has 0 bridgehead atoms. The Kier molecular flexibility index (Phi) is 4.94. The van der Waals surface area contributed by atoms with Crippen LogP contribution in [0, 0.1) is 17.0 Å². The van der Waals surface area contributed by atoms with E-state index in [9.17, 15) is 18.5 Å². The molecular formula is C14H16N2O4S2. The fourth-order valence-electron chi connectivity index (χ4n) is 2.19. The molecule has 1 aromatic carbocycles. The second kappa shape index (κ2) is 6.55. The van der Waals surface area contributed by atoms with Gasteiger partial charge in [0.1, 0.15) is 0 Å². The van der Waals surface area contributed by atoms with Gasteiger partial charge >= 0.3 is 0 Å². The van der Waals surface area contributed by atoms with Crippen LogP contribution in [0.1, 0.15) is 17.4 Å². The molecule has 0 unspecified atom stereocenters. The molecule has 0 saturated carbocycles. The second-order valence-corrected chi connectivity index (χ2v) is 7.60. The summed E-state index contributed by atoms with van der Waals surface area (Å²) in [4.78, 5) is 11.2. The molecule has 22 heavy (non-hydrogen) atoms. The third-order valence-electron chi connectivity index (χ3n) is 3.25.